The zero-order chi connectivity index (χ0) is 18.9. The molecule has 0 saturated carbocycles. The van der Waals surface area contributed by atoms with E-state index in [1.54, 1.807) is 30.3 Å². The van der Waals surface area contributed by atoms with Crippen molar-refractivity contribution < 1.29 is 23.1 Å². The summed E-state index contributed by atoms with van der Waals surface area (Å²) in [5, 5.41) is 13.3. The quantitative estimate of drug-likeness (QED) is 0.746. The summed E-state index contributed by atoms with van der Waals surface area (Å²) >= 11 is 0. The van der Waals surface area contributed by atoms with Crippen molar-refractivity contribution in [1.29, 1.82) is 0 Å². The summed E-state index contributed by atoms with van der Waals surface area (Å²) in [6.07, 6.45) is -2.58. The lowest BCUT2D eigenvalue weighted by Gasteiger charge is -2.29. The van der Waals surface area contributed by atoms with Crippen LogP contribution in [0.2, 0.25) is 0 Å². The number of aromatic nitrogens is 3. The van der Waals surface area contributed by atoms with E-state index in [0.717, 1.165) is 16.2 Å². The molecule has 0 aliphatic rings. The maximum absolute atomic E-state index is 13.5. The molecular weight excluding hydrogens is 349 g/mol. The molecule has 26 heavy (non-hydrogen) atoms. The van der Waals surface area contributed by atoms with Gasteiger partial charge in [0, 0.05) is 24.8 Å². The number of rotatable bonds is 4. The number of halogens is 3. The molecule has 0 radical (unpaired) electrons. The highest BCUT2D eigenvalue weighted by Crippen LogP contribution is 2.40. The molecule has 3 aromatic rings. The average molecular weight is 364 g/mol. The first kappa shape index (κ1) is 17.9. The number of alkyl halides is 3. The van der Waals surface area contributed by atoms with Crippen molar-refractivity contribution in [3.63, 3.8) is 0 Å². The van der Waals surface area contributed by atoms with Gasteiger partial charge in [-0.25, -0.2) is 4.98 Å². The summed E-state index contributed by atoms with van der Waals surface area (Å²) in [5.41, 5.74) is -2.48. The Hall–Kier alpha value is -2.94. The van der Waals surface area contributed by atoms with Crippen LogP contribution in [-0.4, -0.2) is 31.7 Å². The molecule has 2 aromatic heterocycles. The summed E-state index contributed by atoms with van der Waals surface area (Å²) < 4.78 is 41.4. The van der Waals surface area contributed by atoms with E-state index in [1.807, 2.05) is 0 Å². The highest BCUT2D eigenvalue weighted by atomic mass is 19.4. The van der Waals surface area contributed by atoms with Crippen LogP contribution in [0.4, 0.5) is 18.9 Å². The van der Waals surface area contributed by atoms with E-state index in [-0.39, 0.29) is 5.69 Å². The minimum atomic E-state index is -5.08. The summed E-state index contributed by atoms with van der Waals surface area (Å²) in [5.74, 6) is -1.67. The van der Waals surface area contributed by atoms with E-state index >= 15 is 0 Å². The summed E-state index contributed by atoms with van der Waals surface area (Å²) in [6, 6.07) is 8.69. The Morgan fingerprint density at radius 3 is 2.65 bits per heavy atom. The molecule has 9 heteroatoms. The number of fused-ring (bicyclic) bond motifs is 1. The third-order valence-electron chi connectivity index (χ3n) is 3.95. The second-order valence-corrected chi connectivity index (χ2v) is 5.86. The molecule has 0 fully saturated rings. The molecule has 136 valence electrons. The molecular formula is C17H15F3N4O2. The van der Waals surface area contributed by atoms with Crippen LogP contribution >= 0.6 is 0 Å². The lowest BCUT2D eigenvalue weighted by molar-refractivity contribution is -0.270. The van der Waals surface area contributed by atoms with Crippen molar-refractivity contribution in [3.8, 4) is 0 Å². The standard InChI is InChI=1S/C17H15F3N4O2/c1-24-7-6-21-15(24)16(26,17(18,19)20)9-14(25)23-12-8-11-4-2-3-5-13(11)22-10-12/h2-8,10,26H,9H2,1H3,(H,23,25). The van der Waals surface area contributed by atoms with Gasteiger partial charge in [-0.2, -0.15) is 13.2 Å². The number of pyridine rings is 1. The number of aliphatic hydroxyl groups is 1. The van der Waals surface area contributed by atoms with E-state index in [9.17, 15) is 23.1 Å². The van der Waals surface area contributed by atoms with Crippen LogP contribution in [0.5, 0.6) is 0 Å². The van der Waals surface area contributed by atoms with E-state index in [2.05, 4.69) is 15.3 Å². The number of nitrogens with zero attached hydrogens (tertiary/aromatic N) is 3. The summed E-state index contributed by atoms with van der Waals surface area (Å²) in [4.78, 5) is 19.9. The maximum Gasteiger partial charge on any atom is 0.425 e. The fraction of sp³-hybridized carbons (Fsp3) is 0.235. The number of hydrogen-bond acceptors (Lipinski definition) is 4. The van der Waals surface area contributed by atoms with Crippen LogP contribution in [0.3, 0.4) is 0 Å². The van der Waals surface area contributed by atoms with Gasteiger partial charge < -0.3 is 15.0 Å². The van der Waals surface area contributed by atoms with Gasteiger partial charge in [-0.1, -0.05) is 18.2 Å². The second kappa shape index (κ2) is 6.41. The van der Waals surface area contributed by atoms with Gasteiger partial charge in [0.15, 0.2) is 5.82 Å². The van der Waals surface area contributed by atoms with Crippen LogP contribution < -0.4 is 5.32 Å². The lowest BCUT2D eigenvalue weighted by Crippen LogP contribution is -2.46. The fourth-order valence-electron chi connectivity index (χ4n) is 2.65. The molecule has 0 bridgehead atoms. The third kappa shape index (κ3) is 3.25. The maximum atomic E-state index is 13.5. The highest BCUT2D eigenvalue weighted by molar-refractivity contribution is 5.93. The van der Waals surface area contributed by atoms with Crippen molar-refractivity contribution in [1.82, 2.24) is 14.5 Å². The molecule has 0 aliphatic heterocycles. The number of amides is 1. The van der Waals surface area contributed by atoms with Gasteiger partial charge in [0.2, 0.25) is 11.5 Å². The van der Waals surface area contributed by atoms with E-state index in [1.165, 1.54) is 19.4 Å². The van der Waals surface area contributed by atoms with Crippen molar-refractivity contribution in [2.45, 2.75) is 18.2 Å². The number of carbonyl (C=O) groups excluding carboxylic acids is 1. The Kier molecular flexibility index (Phi) is 4.41. The number of benzene rings is 1. The molecule has 0 aliphatic carbocycles. The van der Waals surface area contributed by atoms with Gasteiger partial charge in [0.05, 0.1) is 23.8 Å². The zero-order valence-corrected chi connectivity index (χ0v) is 13.7. The van der Waals surface area contributed by atoms with E-state index in [4.69, 9.17) is 0 Å². The minimum absolute atomic E-state index is 0.234. The predicted octanol–water partition coefficient (Wildman–Crippen LogP) is 2.75. The zero-order valence-electron chi connectivity index (χ0n) is 13.7. The molecule has 2 heterocycles. The largest absolute Gasteiger partial charge is 0.425 e. The Balaban J connectivity index is 1.85. The normalized spacial score (nSPS) is 14.2. The number of carbonyl (C=O) groups is 1. The summed E-state index contributed by atoms with van der Waals surface area (Å²) in [7, 11) is 1.31. The lowest BCUT2D eigenvalue weighted by atomic mass is 9.97. The van der Waals surface area contributed by atoms with Crippen molar-refractivity contribution >= 4 is 22.5 Å². The Morgan fingerprint density at radius 1 is 1.27 bits per heavy atom. The van der Waals surface area contributed by atoms with Gasteiger partial charge in [-0.05, 0) is 12.1 Å². The van der Waals surface area contributed by atoms with Gasteiger partial charge in [-0.15, -0.1) is 0 Å². The molecule has 1 atom stereocenters. The first-order valence-corrected chi connectivity index (χ1v) is 7.62. The van der Waals surface area contributed by atoms with Gasteiger partial charge >= 0.3 is 6.18 Å². The van der Waals surface area contributed by atoms with Crippen molar-refractivity contribution in [2.75, 3.05) is 5.32 Å². The first-order valence-electron chi connectivity index (χ1n) is 7.62. The molecule has 1 amide bonds. The predicted molar refractivity (Wildman–Crippen MR) is 88.1 cm³/mol. The van der Waals surface area contributed by atoms with Crippen molar-refractivity contribution in [3.05, 3.63) is 54.7 Å². The monoisotopic (exact) mass is 364 g/mol. The van der Waals surface area contributed by atoms with Gasteiger partial charge in [0.1, 0.15) is 0 Å². The smallest absolute Gasteiger partial charge is 0.374 e. The SMILES string of the molecule is Cn1ccnc1C(O)(CC(=O)Nc1cnc2ccccc2c1)C(F)(F)F. The van der Waals surface area contributed by atoms with Gasteiger partial charge in [0.25, 0.3) is 0 Å². The highest BCUT2D eigenvalue weighted by Gasteiger charge is 2.58. The fourth-order valence-corrected chi connectivity index (χ4v) is 2.65. The van der Waals surface area contributed by atoms with E-state index < -0.39 is 29.9 Å². The molecule has 1 aromatic carbocycles. The van der Waals surface area contributed by atoms with Crippen LogP contribution in [0, 0.1) is 0 Å². The molecule has 1 unspecified atom stereocenters. The molecule has 0 spiro atoms. The number of aryl methyl sites for hydroxylation is 1. The Bertz CT molecular complexity index is 954. The number of anilines is 1. The van der Waals surface area contributed by atoms with Crippen molar-refractivity contribution in [2.24, 2.45) is 7.05 Å². The van der Waals surface area contributed by atoms with Crippen LogP contribution in [0.15, 0.2) is 48.9 Å². The number of imidazole rings is 1. The molecule has 6 nitrogen and oxygen atoms in total. The topological polar surface area (TPSA) is 80.0 Å². The van der Waals surface area contributed by atoms with E-state index in [0.29, 0.717) is 5.52 Å². The Labute approximate surface area is 146 Å². The molecule has 0 saturated heterocycles. The number of nitrogens with one attached hydrogen (secondary N) is 1. The van der Waals surface area contributed by atoms with Crippen LogP contribution in [-0.2, 0) is 17.4 Å². The van der Waals surface area contributed by atoms with Crippen LogP contribution in [0.1, 0.15) is 12.2 Å². The number of hydrogen-bond donors (Lipinski definition) is 2. The number of para-hydroxylation sites is 1. The van der Waals surface area contributed by atoms with Gasteiger partial charge in [-0.3, -0.25) is 9.78 Å². The average Bonchev–Trinajstić information content (AvgIpc) is 3.00. The minimum Gasteiger partial charge on any atom is -0.374 e. The van der Waals surface area contributed by atoms with Crippen LogP contribution in [0.25, 0.3) is 10.9 Å². The third-order valence-corrected chi connectivity index (χ3v) is 3.95. The Morgan fingerprint density at radius 2 is 2.00 bits per heavy atom. The molecule has 2 N–H and O–H groups in total. The first-order chi connectivity index (χ1) is 12.2. The summed E-state index contributed by atoms with van der Waals surface area (Å²) in [6.45, 7) is 0. The second-order valence-electron chi connectivity index (χ2n) is 5.86. The molecule has 3 rings (SSSR count).